The molecular formula is CH3K2NS. The fourth-order valence-corrected chi connectivity index (χ4v) is 0. The maximum atomic E-state index is 7.18. The summed E-state index contributed by atoms with van der Waals surface area (Å²) in [6.45, 7) is 0. The molecule has 0 unspecified atom stereocenters. The molecule has 0 spiro atoms. The molecule has 0 heterocycles. The van der Waals surface area contributed by atoms with E-state index in [1.54, 1.807) is 0 Å². The minimum absolute atomic E-state index is 0. The van der Waals surface area contributed by atoms with Crippen LogP contribution in [0.1, 0.15) is 0 Å². The molecule has 0 bridgehead atoms. The number of hydrogen-bond acceptors (Lipinski definition) is 2. The van der Waals surface area contributed by atoms with Gasteiger partial charge in [0.15, 0.2) is 0 Å². The predicted octanol–water partition coefficient (Wildman–Crippen LogP) is -0.900. The normalized spacial score (nSPS) is 1.60. The van der Waals surface area contributed by atoms with Crippen molar-refractivity contribution in [2.75, 3.05) is 0 Å². The van der Waals surface area contributed by atoms with Crippen molar-refractivity contribution in [3.05, 3.63) is 0 Å². The predicted molar refractivity (Wildman–Crippen MR) is 28.9 cm³/mol. The fraction of sp³-hybridized carbons (Fsp3) is 0. The van der Waals surface area contributed by atoms with Gasteiger partial charge in [0.05, 0.1) is 0 Å². The third kappa shape index (κ3) is 19.2. The molecule has 0 aromatic heterocycles. The Hall–Kier alpha value is 3.11. The van der Waals surface area contributed by atoms with Crippen LogP contribution in [-0.4, -0.2) is 103 Å². The van der Waals surface area contributed by atoms with Gasteiger partial charge in [0.25, 0.3) is 0 Å². The molecule has 20 valence electrons. The van der Waals surface area contributed by atoms with E-state index >= 15 is 0 Å². The van der Waals surface area contributed by atoms with Gasteiger partial charge in [-0.05, 0) is 0 Å². The second kappa shape index (κ2) is 15.7. The van der Waals surface area contributed by atoms with E-state index in [4.69, 9.17) is 5.26 Å². The molecule has 0 aromatic rings. The van der Waals surface area contributed by atoms with Gasteiger partial charge >= 0.3 is 103 Å². The molecule has 0 fully saturated rings. The average molecular weight is 139 g/mol. The van der Waals surface area contributed by atoms with Crippen LogP contribution in [0.3, 0.4) is 0 Å². The van der Waals surface area contributed by atoms with Crippen molar-refractivity contribution in [3.8, 4) is 5.40 Å². The summed E-state index contributed by atoms with van der Waals surface area (Å²) in [7, 11) is 0. The van der Waals surface area contributed by atoms with Crippen LogP contribution in [0.5, 0.6) is 0 Å². The quantitative estimate of drug-likeness (QED) is 0.262. The van der Waals surface area contributed by atoms with E-state index in [1.807, 2.05) is 0 Å². The molecule has 0 rings (SSSR count). The molecular weight excluding hydrogens is 136 g/mol. The first kappa shape index (κ1) is 15.7. The number of nitriles is 1. The van der Waals surface area contributed by atoms with Crippen LogP contribution in [0, 0.1) is 10.7 Å². The summed E-state index contributed by atoms with van der Waals surface area (Å²) in [5, 5.41) is 8.63. The first-order valence-corrected chi connectivity index (χ1v) is 0.894. The van der Waals surface area contributed by atoms with E-state index in [9.17, 15) is 0 Å². The Kier molecular flexibility index (Phi) is 49.3. The molecule has 0 aliphatic heterocycles. The van der Waals surface area contributed by atoms with Gasteiger partial charge in [-0.2, -0.15) is 5.26 Å². The third-order valence-electron chi connectivity index (χ3n) is 0. The zero-order valence-corrected chi connectivity index (χ0v) is 2.29. The van der Waals surface area contributed by atoms with Gasteiger partial charge in [-0.15, -0.1) is 0 Å². The molecule has 0 aromatic carbocycles. The summed E-state index contributed by atoms with van der Waals surface area (Å²) >= 11 is 3.09. The molecule has 0 N–H and O–H groups in total. The standard InChI is InChI=1S/CHNS.2K.2H/c2-1-3;;;;/h3H;;;;. The minimum atomic E-state index is 0. The molecule has 4 heteroatoms. The van der Waals surface area contributed by atoms with Crippen molar-refractivity contribution < 1.29 is 0 Å². The molecule has 0 atom stereocenters. The maximum absolute atomic E-state index is 7.18. The van der Waals surface area contributed by atoms with E-state index in [0.29, 0.717) is 0 Å². The van der Waals surface area contributed by atoms with Gasteiger partial charge in [0, 0.05) is 0 Å². The third-order valence-corrected chi connectivity index (χ3v) is 0. The number of nitrogens with zero attached hydrogens (tertiary/aromatic N) is 1. The van der Waals surface area contributed by atoms with Crippen molar-refractivity contribution in [2.45, 2.75) is 0 Å². The van der Waals surface area contributed by atoms with Crippen LogP contribution >= 0.6 is 12.6 Å². The van der Waals surface area contributed by atoms with Gasteiger partial charge in [-0.3, -0.25) is 0 Å². The number of hydrogen-bond donors (Lipinski definition) is 1. The molecule has 5 heavy (non-hydrogen) atoms. The second-order valence-electron chi connectivity index (χ2n) is 0.100. The Morgan fingerprint density at radius 3 is 1.40 bits per heavy atom. The van der Waals surface area contributed by atoms with E-state index in [-0.39, 0.29) is 103 Å². The van der Waals surface area contributed by atoms with Gasteiger partial charge in [0.1, 0.15) is 5.40 Å². The molecule has 0 aliphatic carbocycles. The zero-order chi connectivity index (χ0) is 2.71. The Bertz CT molecular complexity index is 31.1. The summed E-state index contributed by atoms with van der Waals surface area (Å²) in [6.07, 6.45) is 0. The number of thiol groups is 1. The number of rotatable bonds is 0. The SMILES string of the molecule is N#CS.[KH].[KH]. The van der Waals surface area contributed by atoms with Crippen molar-refractivity contribution in [1.29, 1.82) is 5.26 Å². The van der Waals surface area contributed by atoms with Crippen LogP contribution in [0.2, 0.25) is 0 Å². The average Bonchev–Trinajstić information content (AvgIpc) is 0.918. The van der Waals surface area contributed by atoms with Crippen molar-refractivity contribution in [2.24, 2.45) is 0 Å². The van der Waals surface area contributed by atoms with Crippen LogP contribution in [0.15, 0.2) is 0 Å². The van der Waals surface area contributed by atoms with E-state index in [2.05, 4.69) is 12.6 Å². The Labute approximate surface area is 122 Å². The van der Waals surface area contributed by atoms with Crippen LogP contribution < -0.4 is 0 Å². The first-order chi connectivity index (χ1) is 1.41. The van der Waals surface area contributed by atoms with Gasteiger partial charge < -0.3 is 0 Å². The first-order valence-electron chi connectivity index (χ1n) is 0.447. The van der Waals surface area contributed by atoms with Crippen molar-refractivity contribution >= 4 is 115 Å². The summed E-state index contributed by atoms with van der Waals surface area (Å²) < 4.78 is 0. The molecule has 0 aliphatic rings. The Balaban J connectivity index is -0.0000000200. The van der Waals surface area contributed by atoms with Crippen LogP contribution in [0.4, 0.5) is 0 Å². The van der Waals surface area contributed by atoms with Gasteiger partial charge in [0.2, 0.25) is 0 Å². The van der Waals surface area contributed by atoms with E-state index in [1.165, 1.54) is 5.40 Å². The zero-order valence-electron chi connectivity index (χ0n) is 1.39. The molecule has 0 saturated carbocycles. The molecule has 0 amide bonds. The monoisotopic (exact) mass is 139 g/mol. The second-order valence-corrected chi connectivity index (χ2v) is 0.300. The molecule has 0 radical (unpaired) electrons. The summed E-state index contributed by atoms with van der Waals surface area (Å²) in [5.41, 5.74) is 0. The summed E-state index contributed by atoms with van der Waals surface area (Å²) in [5.74, 6) is 0. The van der Waals surface area contributed by atoms with Crippen molar-refractivity contribution in [3.63, 3.8) is 0 Å². The van der Waals surface area contributed by atoms with Crippen LogP contribution in [0.25, 0.3) is 0 Å². The van der Waals surface area contributed by atoms with E-state index < -0.39 is 0 Å². The summed E-state index contributed by atoms with van der Waals surface area (Å²) in [4.78, 5) is 0. The van der Waals surface area contributed by atoms with Gasteiger partial charge in [-0.1, -0.05) is 12.6 Å². The molecule has 1 nitrogen and oxygen atoms in total. The van der Waals surface area contributed by atoms with Crippen molar-refractivity contribution in [1.82, 2.24) is 0 Å². The van der Waals surface area contributed by atoms with Crippen LogP contribution in [-0.2, 0) is 0 Å². The Morgan fingerprint density at radius 2 is 1.40 bits per heavy atom. The van der Waals surface area contributed by atoms with Gasteiger partial charge in [-0.25, -0.2) is 0 Å². The fourth-order valence-electron chi connectivity index (χ4n) is 0. The topological polar surface area (TPSA) is 23.8 Å². The number of thiocyanates is 1. The summed E-state index contributed by atoms with van der Waals surface area (Å²) in [6, 6.07) is 0. The Morgan fingerprint density at radius 1 is 1.40 bits per heavy atom. The molecule has 0 saturated heterocycles. The van der Waals surface area contributed by atoms with E-state index in [0.717, 1.165) is 0 Å².